The van der Waals surface area contributed by atoms with Gasteiger partial charge in [-0.3, -0.25) is 9.69 Å². The molecule has 0 radical (unpaired) electrons. The van der Waals surface area contributed by atoms with Gasteiger partial charge in [0.2, 0.25) is 5.91 Å². The number of rotatable bonds is 30. The zero-order valence-electron chi connectivity index (χ0n) is 22.0. The zero-order chi connectivity index (χ0) is 25.7. The van der Waals surface area contributed by atoms with Crippen molar-refractivity contribution >= 4 is 5.91 Å². The molecule has 11 nitrogen and oxygen atoms in total. The SMILES string of the molecule is COCCOCCOCCOCCN(CCCCCC(N)=O)CCOCCOCCOCCOC. The zero-order valence-corrected chi connectivity index (χ0v) is 22.0. The molecule has 0 fully saturated rings. The van der Waals surface area contributed by atoms with Crippen LogP contribution in [0.25, 0.3) is 0 Å². The topological polar surface area (TPSA) is 120 Å². The van der Waals surface area contributed by atoms with Crippen molar-refractivity contribution in [1.29, 1.82) is 0 Å². The number of hydrogen-bond acceptors (Lipinski definition) is 10. The van der Waals surface area contributed by atoms with Crippen LogP contribution in [-0.4, -0.2) is 137 Å². The van der Waals surface area contributed by atoms with E-state index in [0.29, 0.717) is 98.9 Å². The highest BCUT2D eigenvalue weighted by Crippen LogP contribution is 2.02. The summed E-state index contributed by atoms with van der Waals surface area (Å²) in [6, 6.07) is 0. The summed E-state index contributed by atoms with van der Waals surface area (Å²) in [7, 11) is 3.30. The van der Waals surface area contributed by atoms with Crippen LogP contribution < -0.4 is 5.73 Å². The van der Waals surface area contributed by atoms with Crippen molar-refractivity contribution in [1.82, 2.24) is 4.90 Å². The molecule has 2 N–H and O–H groups in total. The Hall–Kier alpha value is -0.890. The van der Waals surface area contributed by atoms with Gasteiger partial charge in [0.15, 0.2) is 0 Å². The highest BCUT2D eigenvalue weighted by atomic mass is 16.6. The fraction of sp³-hybridized carbons (Fsp3) is 0.958. The molecular formula is C24H50N2O9. The van der Waals surface area contributed by atoms with Crippen molar-refractivity contribution in [2.75, 3.05) is 126 Å². The molecule has 35 heavy (non-hydrogen) atoms. The number of carbonyl (C=O) groups excluding carboxylic acids is 1. The standard InChI is InChI=1S/C24H50N2O9/c1-28-12-14-32-20-22-34-18-16-30-10-8-26(7-5-3-4-6-24(25)27)9-11-31-17-19-35-23-21-33-15-13-29-2/h3-23H2,1-2H3,(H2,25,27). The van der Waals surface area contributed by atoms with Gasteiger partial charge in [-0.05, 0) is 19.4 Å². The number of hydrogen-bond donors (Lipinski definition) is 1. The molecule has 0 atom stereocenters. The van der Waals surface area contributed by atoms with E-state index in [1.54, 1.807) is 14.2 Å². The molecule has 0 aliphatic heterocycles. The smallest absolute Gasteiger partial charge is 0.217 e. The Bertz CT molecular complexity index is 408. The van der Waals surface area contributed by atoms with Crippen LogP contribution in [0.1, 0.15) is 25.7 Å². The molecule has 0 rings (SSSR count). The van der Waals surface area contributed by atoms with Crippen molar-refractivity contribution in [2.24, 2.45) is 5.73 Å². The summed E-state index contributed by atoms with van der Waals surface area (Å²) >= 11 is 0. The van der Waals surface area contributed by atoms with Crippen LogP contribution in [0.2, 0.25) is 0 Å². The van der Waals surface area contributed by atoms with Crippen molar-refractivity contribution in [3.8, 4) is 0 Å². The van der Waals surface area contributed by atoms with Gasteiger partial charge in [-0.1, -0.05) is 6.42 Å². The molecule has 0 aromatic carbocycles. The predicted molar refractivity (Wildman–Crippen MR) is 133 cm³/mol. The van der Waals surface area contributed by atoms with E-state index in [9.17, 15) is 4.79 Å². The lowest BCUT2D eigenvalue weighted by Gasteiger charge is -2.22. The summed E-state index contributed by atoms with van der Waals surface area (Å²) in [6.07, 6.45) is 3.25. The number of primary amides is 1. The maximum absolute atomic E-state index is 10.9. The van der Waals surface area contributed by atoms with Crippen molar-refractivity contribution in [2.45, 2.75) is 25.7 Å². The summed E-state index contributed by atoms with van der Waals surface area (Å²) in [6.45, 7) is 10.5. The maximum Gasteiger partial charge on any atom is 0.217 e. The van der Waals surface area contributed by atoms with Gasteiger partial charge >= 0.3 is 0 Å². The minimum atomic E-state index is -0.240. The number of carbonyl (C=O) groups is 1. The lowest BCUT2D eigenvalue weighted by atomic mass is 10.2. The summed E-state index contributed by atoms with van der Waals surface area (Å²) in [5.41, 5.74) is 5.21. The predicted octanol–water partition coefficient (Wildman–Crippen LogP) is 0.727. The Kier molecular flexibility index (Phi) is 28.6. The van der Waals surface area contributed by atoms with Crippen LogP contribution in [0.5, 0.6) is 0 Å². The van der Waals surface area contributed by atoms with Crippen molar-refractivity contribution in [3.05, 3.63) is 0 Å². The second kappa shape index (κ2) is 29.3. The Balaban J connectivity index is 3.81. The van der Waals surface area contributed by atoms with Crippen LogP contribution in [-0.2, 0) is 42.7 Å². The van der Waals surface area contributed by atoms with E-state index < -0.39 is 0 Å². The molecule has 210 valence electrons. The lowest BCUT2D eigenvalue weighted by molar-refractivity contribution is -0.118. The average molecular weight is 511 g/mol. The van der Waals surface area contributed by atoms with Gasteiger partial charge in [0.1, 0.15) is 0 Å². The molecular weight excluding hydrogens is 460 g/mol. The molecule has 0 aromatic heterocycles. The average Bonchev–Trinajstić information content (AvgIpc) is 2.84. The third-order valence-corrected chi connectivity index (χ3v) is 4.85. The van der Waals surface area contributed by atoms with E-state index in [0.717, 1.165) is 38.9 Å². The summed E-state index contributed by atoms with van der Waals surface area (Å²) in [4.78, 5) is 13.2. The van der Waals surface area contributed by atoms with E-state index in [2.05, 4.69) is 4.90 Å². The lowest BCUT2D eigenvalue weighted by Crippen LogP contribution is -2.32. The third kappa shape index (κ3) is 29.2. The maximum atomic E-state index is 10.9. The highest BCUT2D eigenvalue weighted by molar-refractivity contribution is 5.73. The fourth-order valence-electron chi connectivity index (χ4n) is 2.90. The van der Waals surface area contributed by atoms with Crippen LogP contribution in [0, 0.1) is 0 Å². The van der Waals surface area contributed by atoms with Crippen LogP contribution >= 0.6 is 0 Å². The number of amides is 1. The fourth-order valence-corrected chi connectivity index (χ4v) is 2.90. The first kappa shape index (κ1) is 34.1. The molecule has 0 saturated heterocycles. The largest absolute Gasteiger partial charge is 0.382 e. The van der Waals surface area contributed by atoms with Gasteiger partial charge < -0.3 is 43.6 Å². The minimum Gasteiger partial charge on any atom is -0.382 e. The molecule has 0 heterocycles. The van der Waals surface area contributed by atoms with Crippen LogP contribution in [0.15, 0.2) is 0 Å². The number of nitrogens with zero attached hydrogens (tertiary/aromatic N) is 1. The molecule has 0 aromatic rings. The quantitative estimate of drug-likeness (QED) is 0.138. The van der Waals surface area contributed by atoms with Crippen molar-refractivity contribution in [3.63, 3.8) is 0 Å². The molecule has 1 amide bonds. The van der Waals surface area contributed by atoms with E-state index in [4.69, 9.17) is 43.6 Å². The first-order valence-corrected chi connectivity index (χ1v) is 12.7. The number of unbranched alkanes of at least 4 members (excludes halogenated alkanes) is 2. The van der Waals surface area contributed by atoms with Gasteiger partial charge in [0.05, 0.1) is 92.5 Å². The first-order valence-electron chi connectivity index (χ1n) is 12.7. The van der Waals surface area contributed by atoms with E-state index >= 15 is 0 Å². The summed E-state index contributed by atoms with van der Waals surface area (Å²) in [5.74, 6) is -0.240. The highest BCUT2D eigenvalue weighted by Gasteiger charge is 2.06. The van der Waals surface area contributed by atoms with E-state index in [1.807, 2.05) is 0 Å². The number of ether oxygens (including phenoxy) is 8. The second-order valence-corrected chi connectivity index (χ2v) is 7.78. The summed E-state index contributed by atoms with van der Waals surface area (Å²) < 4.78 is 42.9. The Morgan fingerprint density at radius 1 is 0.514 bits per heavy atom. The number of methoxy groups -OCH3 is 2. The first-order chi connectivity index (χ1) is 17.2. The molecule has 0 aliphatic rings. The molecule has 0 saturated carbocycles. The molecule has 11 heteroatoms. The molecule has 0 bridgehead atoms. The minimum absolute atomic E-state index is 0.240. The monoisotopic (exact) mass is 510 g/mol. The Morgan fingerprint density at radius 2 is 0.886 bits per heavy atom. The van der Waals surface area contributed by atoms with Crippen LogP contribution in [0.3, 0.4) is 0 Å². The Labute approximate surface area is 211 Å². The molecule has 0 aliphatic carbocycles. The van der Waals surface area contributed by atoms with Gasteiger partial charge in [-0.25, -0.2) is 0 Å². The van der Waals surface area contributed by atoms with E-state index in [-0.39, 0.29) is 5.91 Å². The van der Waals surface area contributed by atoms with Gasteiger partial charge in [0.25, 0.3) is 0 Å². The Morgan fingerprint density at radius 3 is 1.26 bits per heavy atom. The van der Waals surface area contributed by atoms with Crippen LogP contribution in [0.4, 0.5) is 0 Å². The molecule has 0 spiro atoms. The molecule has 0 unspecified atom stereocenters. The van der Waals surface area contributed by atoms with E-state index in [1.165, 1.54) is 0 Å². The second-order valence-electron chi connectivity index (χ2n) is 7.78. The van der Waals surface area contributed by atoms with Crippen molar-refractivity contribution < 1.29 is 42.7 Å². The third-order valence-electron chi connectivity index (χ3n) is 4.85. The summed E-state index contributed by atoms with van der Waals surface area (Å²) in [5, 5.41) is 0. The number of nitrogens with two attached hydrogens (primary N) is 1. The normalized spacial score (nSPS) is 11.5. The van der Waals surface area contributed by atoms with Gasteiger partial charge in [-0.15, -0.1) is 0 Å². The van der Waals surface area contributed by atoms with Gasteiger partial charge in [0, 0.05) is 33.7 Å². The van der Waals surface area contributed by atoms with Gasteiger partial charge in [-0.2, -0.15) is 0 Å².